The van der Waals surface area contributed by atoms with Crippen molar-refractivity contribution in [3.8, 4) is 0 Å². The monoisotopic (exact) mass is 219 g/mol. The molecule has 0 unspecified atom stereocenters. The van der Waals surface area contributed by atoms with Gasteiger partial charge < -0.3 is 4.57 Å². The molecule has 0 radical (unpaired) electrons. The van der Waals surface area contributed by atoms with Gasteiger partial charge in [-0.2, -0.15) is 0 Å². The van der Waals surface area contributed by atoms with Crippen molar-refractivity contribution in [1.29, 1.82) is 0 Å². The Labute approximate surface area is 93.2 Å². The molecule has 15 heavy (non-hydrogen) atoms. The molecule has 0 saturated heterocycles. The van der Waals surface area contributed by atoms with Crippen LogP contribution < -0.4 is 0 Å². The maximum absolute atomic E-state index is 10.5. The summed E-state index contributed by atoms with van der Waals surface area (Å²) in [4.78, 5) is 13.3. The van der Waals surface area contributed by atoms with Crippen LogP contribution >= 0.6 is 11.3 Å². The Kier molecular flexibility index (Phi) is 3.02. The Morgan fingerprint density at radius 2 is 2.13 bits per heavy atom. The molecular formula is C12H13NOS. The van der Waals surface area contributed by atoms with Gasteiger partial charge in [-0.15, -0.1) is 11.3 Å². The molecule has 2 nitrogen and oxygen atoms in total. The maximum Gasteiger partial charge on any atom is 0.151 e. The van der Waals surface area contributed by atoms with Gasteiger partial charge in [0, 0.05) is 27.7 Å². The van der Waals surface area contributed by atoms with E-state index in [9.17, 15) is 4.79 Å². The van der Waals surface area contributed by atoms with E-state index < -0.39 is 0 Å². The zero-order valence-corrected chi connectivity index (χ0v) is 9.46. The molecule has 0 fully saturated rings. The van der Waals surface area contributed by atoms with E-state index in [1.807, 2.05) is 34.4 Å². The number of aromatic nitrogens is 1. The first-order chi connectivity index (χ1) is 7.31. The van der Waals surface area contributed by atoms with Crippen molar-refractivity contribution < 1.29 is 4.79 Å². The van der Waals surface area contributed by atoms with Crippen LogP contribution in [0.25, 0.3) is 0 Å². The van der Waals surface area contributed by atoms with E-state index in [-0.39, 0.29) is 0 Å². The van der Waals surface area contributed by atoms with E-state index in [4.69, 9.17) is 0 Å². The van der Waals surface area contributed by atoms with E-state index in [0.29, 0.717) is 0 Å². The highest BCUT2D eigenvalue weighted by atomic mass is 32.1. The van der Waals surface area contributed by atoms with Crippen molar-refractivity contribution >= 4 is 17.6 Å². The quantitative estimate of drug-likeness (QED) is 0.725. The molecule has 78 valence electrons. The van der Waals surface area contributed by atoms with Crippen LogP contribution in [0.15, 0.2) is 30.6 Å². The van der Waals surface area contributed by atoms with Crippen LogP contribution in [-0.4, -0.2) is 10.9 Å². The standard InChI is InChI=1S/C12H13NOS/c1-2-11-3-4-12(15-11)8-13-6-5-10(7-13)9-14/h3-7,9H,2,8H2,1H3. The number of thiophene rings is 1. The summed E-state index contributed by atoms with van der Waals surface area (Å²) in [5.74, 6) is 0. The highest BCUT2D eigenvalue weighted by molar-refractivity contribution is 7.11. The van der Waals surface area contributed by atoms with Crippen LogP contribution in [0.5, 0.6) is 0 Å². The van der Waals surface area contributed by atoms with Gasteiger partial charge in [-0.05, 0) is 24.6 Å². The third kappa shape index (κ3) is 2.36. The van der Waals surface area contributed by atoms with Gasteiger partial charge in [0.25, 0.3) is 0 Å². The van der Waals surface area contributed by atoms with Crippen LogP contribution in [0.4, 0.5) is 0 Å². The second-order valence-electron chi connectivity index (χ2n) is 3.46. The molecule has 0 aromatic carbocycles. The largest absolute Gasteiger partial charge is 0.348 e. The molecule has 0 amide bonds. The Hall–Kier alpha value is -1.35. The number of carbonyl (C=O) groups excluding carboxylic acids is 1. The second-order valence-corrected chi connectivity index (χ2v) is 4.71. The van der Waals surface area contributed by atoms with Crippen molar-refractivity contribution in [2.24, 2.45) is 0 Å². The minimum Gasteiger partial charge on any atom is -0.348 e. The number of nitrogens with zero attached hydrogens (tertiary/aromatic N) is 1. The molecule has 0 bridgehead atoms. The maximum atomic E-state index is 10.5. The van der Waals surface area contributed by atoms with E-state index in [1.165, 1.54) is 9.75 Å². The molecule has 3 heteroatoms. The Morgan fingerprint density at radius 1 is 1.33 bits per heavy atom. The first-order valence-corrected chi connectivity index (χ1v) is 5.82. The van der Waals surface area contributed by atoms with Crippen molar-refractivity contribution in [1.82, 2.24) is 4.57 Å². The van der Waals surface area contributed by atoms with Gasteiger partial charge in [0.1, 0.15) is 0 Å². The summed E-state index contributed by atoms with van der Waals surface area (Å²) in [5, 5.41) is 0. The van der Waals surface area contributed by atoms with E-state index >= 15 is 0 Å². The van der Waals surface area contributed by atoms with Crippen molar-refractivity contribution in [3.63, 3.8) is 0 Å². The zero-order valence-electron chi connectivity index (χ0n) is 8.64. The fraction of sp³-hybridized carbons (Fsp3) is 0.250. The fourth-order valence-corrected chi connectivity index (χ4v) is 2.47. The minimum atomic E-state index is 0.738. The third-order valence-electron chi connectivity index (χ3n) is 2.31. The lowest BCUT2D eigenvalue weighted by atomic mass is 10.3. The average molecular weight is 219 g/mol. The Morgan fingerprint density at radius 3 is 2.73 bits per heavy atom. The zero-order chi connectivity index (χ0) is 10.7. The molecule has 0 saturated carbocycles. The van der Waals surface area contributed by atoms with Crippen LogP contribution in [0.3, 0.4) is 0 Å². The van der Waals surface area contributed by atoms with Crippen LogP contribution in [0.2, 0.25) is 0 Å². The molecule has 0 N–H and O–H groups in total. The Balaban J connectivity index is 2.10. The molecule has 0 aliphatic rings. The number of aldehydes is 1. The summed E-state index contributed by atoms with van der Waals surface area (Å²) in [5.41, 5.74) is 0.738. The highest BCUT2D eigenvalue weighted by Gasteiger charge is 2.00. The molecule has 2 aromatic heterocycles. The van der Waals surface area contributed by atoms with E-state index in [0.717, 1.165) is 24.8 Å². The lowest BCUT2D eigenvalue weighted by Crippen LogP contribution is -1.93. The molecule has 0 aliphatic carbocycles. The summed E-state index contributed by atoms with van der Waals surface area (Å²) in [6.07, 6.45) is 5.78. The predicted octanol–water partition coefficient (Wildman–Crippen LogP) is 2.97. The first-order valence-electron chi connectivity index (χ1n) is 5.00. The van der Waals surface area contributed by atoms with Gasteiger partial charge in [0.05, 0.1) is 6.54 Å². The average Bonchev–Trinajstić information content (AvgIpc) is 2.87. The molecule has 2 aromatic rings. The summed E-state index contributed by atoms with van der Waals surface area (Å²) in [6, 6.07) is 6.16. The summed E-state index contributed by atoms with van der Waals surface area (Å²) >= 11 is 1.84. The molecule has 0 atom stereocenters. The van der Waals surface area contributed by atoms with Gasteiger partial charge in [-0.1, -0.05) is 6.92 Å². The number of rotatable bonds is 4. The molecule has 2 heterocycles. The van der Waals surface area contributed by atoms with Crippen molar-refractivity contribution in [2.45, 2.75) is 19.9 Å². The fourth-order valence-electron chi connectivity index (χ4n) is 1.50. The molecule has 2 rings (SSSR count). The van der Waals surface area contributed by atoms with Crippen LogP contribution in [0, 0.1) is 0 Å². The first kappa shape index (κ1) is 10.2. The van der Waals surface area contributed by atoms with Crippen LogP contribution in [-0.2, 0) is 13.0 Å². The van der Waals surface area contributed by atoms with E-state index in [1.54, 1.807) is 0 Å². The topological polar surface area (TPSA) is 22.0 Å². The second kappa shape index (κ2) is 4.45. The van der Waals surface area contributed by atoms with Gasteiger partial charge in [-0.25, -0.2) is 0 Å². The Bertz CT molecular complexity index is 456. The highest BCUT2D eigenvalue weighted by Crippen LogP contribution is 2.18. The number of carbonyl (C=O) groups is 1. The lowest BCUT2D eigenvalue weighted by Gasteiger charge is -1.98. The summed E-state index contributed by atoms with van der Waals surface area (Å²) in [7, 11) is 0. The molecular weight excluding hydrogens is 206 g/mol. The smallest absolute Gasteiger partial charge is 0.151 e. The van der Waals surface area contributed by atoms with Crippen molar-refractivity contribution in [3.05, 3.63) is 45.9 Å². The number of hydrogen-bond acceptors (Lipinski definition) is 2. The van der Waals surface area contributed by atoms with Gasteiger partial charge in [-0.3, -0.25) is 4.79 Å². The lowest BCUT2D eigenvalue weighted by molar-refractivity contribution is 0.112. The third-order valence-corrected chi connectivity index (χ3v) is 3.53. The van der Waals surface area contributed by atoms with E-state index in [2.05, 4.69) is 19.1 Å². The minimum absolute atomic E-state index is 0.738. The predicted molar refractivity (Wildman–Crippen MR) is 62.6 cm³/mol. The number of hydrogen-bond donors (Lipinski definition) is 0. The van der Waals surface area contributed by atoms with Crippen LogP contribution in [0.1, 0.15) is 27.0 Å². The SMILES string of the molecule is CCc1ccc(Cn2ccc(C=O)c2)s1. The normalized spacial score (nSPS) is 10.5. The van der Waals surface area contributed by atoms with Crippen molar-refractivity contribution in [2.75, 3.05) is 0 Å². The molecule has 0 aliphatic heterocycles. The molecule has 0 spiro atoms. The van der Waals surface area contributed by atoms with Gasteiger partial charge in [0.2, 0.25) is 0 Å². The summed E-state index contributed by atoms with van der Waals surface area (Å²) in [6.45, 7) is 3.02. The van der Waals surface area contributed by atoms with Gasteiger partial charge >= 0.3 is 0 Å². The summed E-state index contributed by atoms with van der Waals surface area (Å²) < 4.78 is 2.04. The number of aryl methyl sites for hydroxylation is 1. The van der Waals surface area contributed by atoms with Gasteiger partial charge in [0.15, 0.2) is 6.29 Å².